The highest BCUT2D eigenvalue weighted by Gasteiger charge is 2.41. The van der Waals surface area contributed by atoms with Gasteiger partial charge in [0, 0.05) is 51.9 Å². The summed E-state index contributed by atoms with van der Waals surface area (Å²) in [6.07, 6.45) is 0.603. The molecule has 3 atom stereocenters. The Morgan fingerprint density at radius 1 is 1.32 bits per heavy atom. The van der Waals surface area contributed by atoms with Gasteiger partial charge in [-0.2, -0.15) is 0 Å². The van der Waals surface area contributed by atoms with Crippen molar-refractivity contribution < 1.29 is 9.47 Å². The van der Waals surface area contributed by atoms with Crippen molar-refractivity contribution in [3.8, 4) is 0 Å². The van der Waals surface area contributed by atoms with Crippen LogP contribution in [-0.2, 0) is 9.47 Å². The summed E-state index contributed by atoms with van der Waals surface area (Å²) in [6, 6.07) is 0.592. The van der Waals surface area contributed by atoms with Crippen molar-refractivity contribution in [2.75, 3.05) is 47.9 Å². The van der Waals surface area contributed by atoms with Crippen LogP contribution in [-0.4, -0.2) is 75.6 Å². The van der Waals surface area contributed by atoms with E-state index in [-0.39, 0.29) is 11.8 Å². The summed E-state index contributed by atoms with van der Waals surface area (Å²) in [5, 5.41) is 0. The summed E-state index contributed by atoms with van der Waals surface area (Å²) >= 11 is 0. The first-order chi connectivity index (χ1) is 8.87. The number of methoxy groups -OCH3 is 2. The van der Waals surface area contributed by atoms with Gasteiger partial charge in [-0.05, 0) is 26.9 Å². The lowest BCUT2D eigenvalue weighted by Gasteiger charge is -2.40. The third kappa shape index (κ3) is 3.89. The Morgan fingerprint density at radius 2 is 1.89 bits per heavy atom. The molecule has 5 heteroatoms. The van der Waals surface area contributed by atoms with Gasteiger partial charge < -0.3 is 20.1 Å². The van der Waals surface area contributed by atoms with Crippen LogP contribution in [0.5, 0.6) is 0 Å². The van der Waals surface area contributed by atoms with Gasteiger partial charge in [0.2, 0.25) is 0 Å². The lowest BCUT2D eigenvalue weighted by Crippen LogP contribution is -2.53. The van der Waals surface area contributed by atoms with Crippen molar-refractivity contribution in [3.63, 3.8) is 0 Å². The number of nitrogens with zero attached hydrogens (tertiary/aromatic N) is 2. The van der Waals surface area contributed by atoms with Crippen LogP contribution in [0.25, 0.3) is 0 Å². The van der Waals surface area contributed by atoms with E-state index in [9.17, 15) is 0 Å². The molecule has 0 aromatic rings. The van der Waals surface area contributed by atoms with Gasteiger partial charge in [0.25, 0.3) is 0 Å². The van der Waals surface area contributed by atoms with Crippen LogP contribution in [0.15, 0.2) is 0 Å². The monoisotopic (exact) mass is 273 g/mol. The van der Waals surface area contributed by atoms with Gasteiger partial charge in [-0.25, -0.2) is 0 Å². The van der Waals surface area contributed by atoms with Gasteiger partial charge in [-0.1, -0.05) is 6.92 Å². The molecule has 5 nitrogen and oxygen atoms in total. The largest absolute Gasteiger partial charge is 0.356 e. The van der Waals surface area contributed by atoms with Gasteiger partial charge in [0.1, 0.15) is 0 Å². The van der Waals surface area contributed by atoms with E-state index in [1.54, 1.807) is 14.2 Å². The summed E-state index contributed by atoms with van der Waals surface area (Å²) in [4.78, 5) is 4.80. The van der Waals surface area contributed by atoms with Crippen LogP contribution < -0.4 is 5.73 Å². The van der Waals surface area contributed by atoms with E-state index in [1.165, 1.54) is 0 Å². The number of hydrogen-bond acceptors (Lipinski definition) is 5. The third-order valence-electron chi connectivity index (χ3n) is 4.57. The van der Waals surface area contributed by atoms with Gasteiger partial charge in [-0.3, -0.25) is 4.90 Å². The van der Waals surface area contributed by atoms with Crippen LogP contribution in [0, 0.1) is 5.92 Å². The van der Waals surface area contributed by atoms with Crippen molar-refractivity contribution in [3.05, 3.63) is 0 Å². The molecule has 3 unspecified atom stereocenters. The molecule has 1 aliphatic heterocycles. The van der Waals surface area contributed by atoms with Gasteiger partial charge in [0.05, 0.1) is 0 Å². The average Bonchev–Trinajstić information content (AvgIpc) is 2.78. The molecule has 0 saturated carbocycles. The van der Waals surface area contributed by atoms with Crippen LogP contribution >= 0.6 is 0 Å². The van der Waals surface area contributed by atoms with Gasteiger partial charge in [0.15, 0.2) is 6.29 Å². The molecule has 0 aromatic heterocycles. The topological polar surface area (TPSA) is 51.0 Å². The maximum atomic E-state index is 6.05. The molecule has 0 amide bonds. The Labute approximate surface area is 118 Å². The molecular weight excluding hydrogens is 242 g/mol. The van der Waals surface area contributed by atoms with Crippen LogP contribution in [0.1, 0.15) is 20.3 Å². The van der Waals surface area contributed by atoms with E-state index >= 15 is 0 Å². The zero-order valence-corrected chi connectivity index (χ0v) is 13.3. The van der Waals surface area contributed by atoms with Crippen LogP contribution in [0.2, 0.25) is 0 Å². The molecule has 0 radical (unpaired) electrons. The van der Waals surface area contributed by atoms with Crippen molar-refractivity contribution in [2.24, 2.45) is 11.7 Å². The molecule has 1 rings (SSSR count). The molecule has 2 N–H and O–H groups in total. The standard InChI is InChI=1S/C14H31N3O2/c1-11-8-17(9-12(11)16(3)4)14(2,10-15)7-13(18-5)19-6/h11-13H,7-10,15H2,1-6H3. The molecule has 0 aliphatic carbocycles. The van der Waals surface area contributed by atoms with Crippen molar-refractivity contribution >= 4 is 0 Å². The Morgan fingerprint density at radius 3 is 2.26 bits per heavy atom. The molecular formula is C14H31N3O2. The fourth-order valence-electron chi connectivity index (χ4n) is 3.03. The normalized spacial score (nSPS) is 28.3. The second-order valence-electron chi connectivity index (χ2n) is 6.22. The van der Waals surface area contributed by atoms with E-state index in [0.717, 1.165) is 19.5 Å². The molecule has 1 fully saturated rings. The molecule has 0 spiro atoms. The highest BCUT2D eigenvalue weighted by Crippen LogP contribution is 2.30. The number of rotatable bonds is 7. The number of likely N-dealkylation sites (N-methyl/N-ethyl adjacent to an activating group) is 1. The van der Waals surface area contributed by atoms with Crippen molar-refractivity contribution in [1.29, 1.82) is 0 Å². The molecule has 0 aromatic carbocycles. The maximum absolute atomic E-state index is 6.05. The van der Waals surface area contributed by atoms with Gasteiger partial charge >= 0.3 is 0 Å². The summed E-state index contributed by atoms with van der Waals surface area (Å²) in [6.45, 7) is 7.27. The third-order valence-corrected chi connectivity index (χ3v) is 4.57. The lowest BCUT2D eigenvalue weighted by molar-refractivity contribution is -0.127. The number of nitrogens with two attached hydrogens (primary N) is 1. The van der Waals surface area contributed by atoms with Crippen molar-refractivity contribution in [2.45, 2.75) is 38.1 Å². The Kier molecular flexibility index (Phi) is 6.20. The number of likely N-dealkylation sites (tertiary alicyclic amines) is 1. The fourth-order valence-corrected chi connectivity index (χ4v) is 3.03. The molecule has 114 valence electrons. The molecule has 1 aliphatic rings. The average molecular weight is 273 g/mol. The van der Waals surface area contributed by atoms with Crippen LogP contribution in [0.4, 0.5) is 0 Å². The molecule has 19 heavy (non-hydrogen) atoms. The second-order valence-corrected chi connectivity index (χ2v) is 6.22. The van der Waals surface area contributed by atoms with E-state index in [2.05, 4.69) is 37.7 Å². The number of hydrogen-bond donors (Lipinski definition) is 1. The van der Waals surface area contributed by atoms with Crippen molar-refractivity contribution in [1.82, 2.24) is 9.80 Å². The maximum Gasteiger partial charge on any atom is 0.158 e. The summed E-state index contributed by atoms with van der Waals surface area (Å²) < 4.78 is 10.7. The second kappa shape index (κ2) is 6.99. The minimum atomic E-state index is -0.192. The summed E-state index contributed by atoms with van der Waals surface area (Å²) in [5.41, 5.74) is 5.97. The first-order valence-corrected chi connectivity index (χ1v) is 7.05. The zero-order chi connectivity index (χ0) is 14.6. The van der Waals surface area contributed by atoms with E-state index < -0.39 is 0 Å². The summed E-state index contributed by atoms with van der Waals surface area (Å²) in [7, 11) is 7.66. The van der Waals surface area contributed by atoms with Gasteiger partial charge in [-0.15, -0.1) is 0 Å². The SMILES string of the molecule is COC(CC(C)(CN)N1CC(C)C(N(C)C)C1)OC. The highest BCUT2D eigenvalue weighted by molar-refractivity contribution is 4.97. The summed E-state index contributed by atoms with van der Waals surface area (Å²) in [5.74, 6) is 0.657. The number of ether oxygens (including phenoxy) is 2. The molecule has 1 heterocycles. The lowest BCUT2D eigenvalue weighted by atomic mass is 9.95. The minimum absolute atomic E-state index is 0.0737. The zero-order valence-electron chi connectivity index (χ0n) is 13.3. The minimum Gasteiger partial charge on any atom is -0.356 e. The highest BCUT2D eigenvalue weighted by atomic mass is 16.7. The Hall–Kier alpha value is -0.200. The Bertz CT molecular complexity index is 271. The smallest absolute Gasteiger partial charge is 0.158 e. The molecule has 0 bridgehead atoms. The fraction of sp³-hybridized carbons (Fsp3) is 1.00. The quantitative estimate of drug-likeness (QED) is 0.688. The van der Waals surface area contributed by atoms with E-state index in [0.29, 0.717) is 18.5 Å². The predicted octanol–water partition coefficient (Wildman–Crippen LogP) is 0.595. The predicted molar refractivity (Wildman–Crippen MR) is 78.1 cm³/mol. The molecule has 1 saturated heterocycles. The van der Waals surface area contributed by atoms with E-state index in [1.807, 2.05) is 0 Å². The van der Waals surface area contributed by atoms with E-state index in [4.69, 9.17) is 15.2 Å². The van der Waals surface area contributed by atoms with Crippen LogP contribution in [0.3, 0.4) is 0 Å². The Balaban J connectivity index is 2.74. The first-order valence-electron chi connectivity index (χ1n) is 7.05. The first kappa shape index (κ1) is 16.9.